The number of carbonyl (C=O) groups is 2. The second kappa shape index (κ2) is 6.44. The molecule has 0 aromatic rings. The fourth-order valence-corrected chi connectivity index (χ4v) is 3.64. The van der Waals surface area contributed by atoms with Gasteiger partial charge in [0.05, 0.1) is 31.4 Å². The molecule has 2 rings (SSSR count). The molecule has 2 saturated heterocycles. The number of carboxylic acids is 1. The summed E-state index contributed by atoms with van der Waals surface area (Å²) >= 11 is 0. The van der Waals surface area contributed by atoms with Crippen molar-refractivity contribution in [2.45, 2.75) is 51.3 Å². The van der Waals surface area contributed by atoms with Crippen LogP contribution in [0.15, 0.2) is 12.7 Å². The number of aliphatic carboxylic acids is 1. The van der Waals surface area contributed by atoms with Crippen LogP contribution in [0, 0.1) is 22.7 Å². The quantitative estimate of drug-likeness (QED) is 0.793. The maximum absolute atomic E-state index is 12.5. The minimum absolute atomic E-state index is 0.295. The zero-order valence-electron chi connectivity index (χ0n) is 14.3. The van der Waals surface area contributed by atoms with Crippen molar-refractivity contribution in [3.63, 3.8) is 0 Å². The van der Waals surface area contributed by atoms with Gasteiger partial charge in [0.1, 0.15) is 5.60 Å². The summed E-state index contributed by atoms with van der Waals surface area (Å²) in [7, 11) is 0. The van der Waals surface area contributed by atoms with Gasteiger partial charge in [-0.3, -0.25) is 9.69 Å². The standard InChI is InChI=1S/C17H24N2O5/c1-5-17(13(8-18)14(20)21)6-11-9-23-10-12(7-17)19(11)15(22)24-16(2,3)4/h5,11-13H,1,6-7,9-10H2,2-4H3,(H,20,21)/t11-,12+,13-,17-/m1/s1. The Bertz CT molecular complexity index is 561. The maximum Gasteiger partial charge on any atom is 0.410 e. The van der Waals surface area contributed by atoms with Crippen molar-refractivity contribution in [3.05, 3.63) is 12.7 Å². The van der Waals surface area contributed by atoms with Crippen molar-refractivity contribution in [2.24, 2.45) is 11.3 Å². The Hall–Kier alpha value is -2.07. The topological polar surface area (TPSA) is 99.9 Å². The Morgan fingerprint density at radius 1 is 1.42 bits per heavy atom. The van der Waals surface area contributed by atoms with Crippen LogP contribution in [0.5, 0.6) is 0 Å². The molecule has 0 aliphatic carbocycles. The van der Waals surface area contributed by atoms with Gasteiger partial charge in [-0.15, -0.1) is 6.58 Å². The van der Waals surface area contributed by atoms with E-state index in [-0.39, 0.29) is 12.1 Å². The normalized spacial score (nSPS) is 30.8. The highest BCUT2D eigenvalue weighted by molar-refractivity contribution is 5.75. The second-order valence-corrected chi connectivity index (χ2v) is 7.48. The van der Waals surface area contributed by atoms with E-state index in [9.17, 15) is 20.0 Å². The van der Waals surface area contributed by atoms with Gasteiger partial charge >= 0.3 is 12.1 Å². The number of fused-ring (bicyclic) bond motifs is 2. The Labute approximate surface area is 141 Å². The average molecular weight is 336 g/mol. The highest BCUT2D eigenvalue weighted by atomic mass is 16.6. The summed E-state index contributed by atoms with van der Waals surface area (Å²) in [6.07, 6.45) is 1.77. The predicted octanol–water partition coefficient (Wildman–Crippen LogP) is 2.18. The zero-order valence-corrected chi connectivity index (χ0v) is 14.3. The first-order valence-corrected chi connectivity index (χ1v) is 7.98. The summed E-state index contributed by atoms with van der Waals surface area (Å²) < 4.78 is 11.0. The summed E-state index contributed by atoms with van der Waals surface area (Å²) in [6.45, 7) is 9.75. The van der Waals surface area contributed by atoms with Crippen molar-refractivity contribution in [1.82, 2.24) is 4.90 Å². The molecule has 0 spiro atoms. The van der Waals surface area contributed by atoms with Gasteiger partial charge in [-0.25, -0.2) is 4.79 Å². The van der Waals surface area contributed by atoms with Crippen molar-refractivity contribution >= 4 is 12.1 Å². The minimum Gasteiger partial charge on any atom is -0.480 e. The molecule has 4 atom stereocenters. The molecule has 2 bridgehead atoms. The van der Waals surface area contributed by atoms with Gasteiger partial charge in [0.15, 0.2) is 5.92 Å². The Balaban J connectivity index is 2.30. The van der Waals surface area contributed by atoms with Crippen molar-refractivity contribution in [1.29, 1.82) is 5.26 Å². The van der Waals surface area contributed by atoms with E-state index in [2.05, 4.69) is 6.58 Å². The van der Waals surface area contributed by atoms with Crippen LogP contribution in [0.2, 0.25) is 0 Å². The summed E-state index contributed by atoms with van der Waals surface area (Å²) in [5.74, 6) is -2.36. The number of carboxylic acid groups (broad SMARTS) is 1. The fraction of sp³-hybridized carbons (Fsp3) is 0.706. The molecule has 0 saturated carbocycles. The van der Waals surface area contributed by atoms with Crippen LogP contribution in [0.3, 0.4) is 0 Å². The predicted molar refractivity (Wildman–Crippen MR) is 85.1 cm³/mol. The van der Waals surface area contributed by atoms with E-state index in [1.54, 1.807) is 31.7 Å². The molecule has 0 aromatic heterocycles. The number of rotatable bonds is 3. The van der Waals surface area contributed by atoms with Crippen molar-refractivity contribution in [3.8, 4) is 6.07 Å². The lowest BCUT2D eigenvalue weighted by Crippen LogP contribution is -2.63. The van der Waals surface area contributed by atoms with Crippen molar-refractivity contribution < 1.29 is 24.2 Å². The van der Waals surface area contributed by atoms with Crippen LogP contribution in [-0.4, -0.2) is 53.0 Å². The molecule has 0 unspecified atom stereocenters. The number of allylic oxidation sites excluding steroid dienone is 1. The van der Waals surface area contributed by atoms with Crippen LogP contribution < -0.4 is 0 Å². The summed E-state index contributed by atoms with van der Waals surface area (Å²) in [5.41, 5.74) is -1.49. The van der Waals surface area contributed by atoms with Crippen LogP contribution >= 0.6 is 0 Å². The number of morpholine rings is 1. The number of ether oxygens (including phenoxy) is 2. The molecule has 7 nitrogen and oxygen atoms in total. The van der Waals surface area contributed by atoms with E-state index in [0.29, 0.717) is 26.1 Å². The lowest BCUT2D eigenvalue weighted by Gasteiger charge is -2.52. The molecular formula is C17H24N2O5. The molecule has 0 aromatic carbocycles. The lowest BCUT2D eigenvalue weighted by atomic mass is 9.64. The van der Waals surface area contributed by atoms with Gasteiger partial charge in [-0.05, 0) is 33.6 Å². The Morgan fingerprint density at radius 2 is 1.96 bits per heavy atom. The molecule has 0 radical (unpaired) electrons. The second-order valence-electron chi connectivity index (χ2n) is 7.48. The Kier molecular flexibility index (Phi) is 4.90. The smallest absolute Gasteiger partial charge is 0.410 e. The van der Waals surface area contributed by atoms with Crippen LogP contribution in [0.1, 0.15) is 33.6 Å². The number of carbonyl (C=O) groups excluding carboxylic acids is 1. The van der Waals surface area contributed by atoms with Crippen molar-refractivity contribution in [2.75, 3.05) is 13.2 Å². The number of nitriles is 1. The van der Waals surface area contributed by atoms with Gasteiger partial charge in [-0.1, -0.05) is 6.08 Å². The highest BCUT2D eigenvalue weighted by Crippen LogP contribution is 2.47. The van der Waals surface area contributed by atoms with E-state index in [1.807, 2.05) is 6.07 Å². The summed E-state index contributed by atoms with van der Waals surface area (Å²) in [4.78, 5) is 25.7. The van der Waals surface area contributed by atoms with Gasteiger partial charge in [0.2, 0.25) is 0 Å². The van der Waals surface area contributed by atoms with Crippen LogP contribution in [0.25, 0.3) is 0 Å². The number of piperidine rings is 1. The van der Waals surface area contributed by atoms with Crippen LogP contribution in [0.4, 0.5) is 4.79 Å². The number of hydrogen-bond acceptors (Lipinski definition) is 5. The third-order valence-corrected chi connectivity index (χ3v) is 4.60. The molecule has 24 heavy (non-hydrogen) atoms. The first kappa shape index (κ1) is 18.3. The van der Waals surface area contributed by atoms with E-state index in [0.717, 1.165) is 0 Å². The SMILES string of the molecule is C=C[C@]1([C@H](C#N)C(=O)O)C[C@H]2COC[C@@H](C1)N2C(=O)OC(C)(C)C. The Morgan fingerprint density at radius 3 is 2.33 bits per heavy atom. The molecule has 2 aliphatic heterocycles. The molecule has 2 heterocycles. The van der Waals surface area contributed by atoms with E-state index < -0.39 is 29.0 Å². The molecular weight excluding hydrogens is 312 g/mol. The highest BCUT2D eigenvalue weighted by Gasteiger charge is 2.53. The van der Waals surface area contributed by atoms with Crippen LogP contribution in [-0.2, 0) is 14.3 Å². The largest absolute Gasteiger partial charge is 0.480 e. The number of hydrogen-bond donors (Lipinski definition) is 1. The minimum atomic E-state index is -1.20. The maximum atomic E-state index is 12.5. The first-order valence-electron chi connectivity index (χ1n) is 7.98. The lowest BCUT2D eigenvalue weighted by molar-refractivity contribution is -0.148. The molecule has 2 fully saturated rings. The molecule has 132 valence electrons. The molecule has 2 aliphatic rings. The van der Waals surface area contributed by atoms with E-state index in [4.69, 9.17) is 9.47 Å². The molecule has 1 amide bonds. The van der Waals surface area contributed by atoms with E-state index in [1.165, 1.54) is 0 Å². The third-order valence-electron chi connectivity index (χ3n) is 4.60. The third kappa shape index (κ3) is 3.39. The van der Waals surface area contributed by atoms with Gasteiger partial charge in [-0.2, -0.15) is 5.26 Å². The van der Waals surface area contributed by atoms with Gasteiger partial charge < -0.3 is 14.6 Å². The average Bonchev–Trinajstić information content (AvgIpc) is 2.44. The van der Waals surface area contributed by atoms with Gasteiger partial charge in [0, 0.05) is 5.41 Å². The summed E-state index contributed by atoms with van der Waals surface area (Å²) in [6, 6.07) is 1.22. The van der Waals surface area contributed by atoms with Gasteiger partial charge in [0.25, 0.3) is 0 Å². The fourth-order valence-electron chi connectivity index (χ4n) is 3.64. The first-order chi connectivity index (χ1) is 11.1. The molecule has 1 N–H and O–H groups in total. The van der Waals surface area contributed by atoms with E-state index >= 15 is 0 Å². The number of nitrogens with zero attached hydrogens (tertiary/aromatic N) is 2. The summed E-state index contributed by atoms with van der Waals surface area (Å²) in [5, 5.41) is 18.7. The zero-order chi connectivity index (χ0) is 18.1. The monoisotopic (exact) mass is 336 g/mol. The molecule has 7 heteroatoms. The number of amides is 1.